The van der Waals surface area contributed by atoms with Gasteiger partial charge in [0.1, 0.15) is 12.3 Å². The molecule has 152 valence electrons. The number of fused-ring (bicyclic) bond motifs is 1. The van der Waals surface area contributed by atoms with Gasteiger partial charge in [-0.2, -0.15) is 10.1 Å². The minimum absolute atomic E-state index is 0.164. The van der Waals surface area contributed by atoms with E-state index in [1.807, 2.05) is 91.0 Å². The number of hydrogen-bond donors (Lipinski definition) is 0. The number of methoxy groups -OCH3 is 1. The second-order valence-electron chi connectivity index (χ2n) is 7.21. The zero-order valence-electron chi connectivity index (χ0n) is 17.0. The monoisotopic (exact) mass is 408 g/mol. The van der Waals surface area contributed by atoms with Crippen molar-refractivity contribution in [3.05, 3.63) is 107 Å². The number of hydrogen-bond acceptors (Lipinski definition) is 4. The van der Waals surface area contributed by atoms with Crippen LogP contribution in [0.1, 0.15) is 11.1 Å². The van der Waals surface area contributed by atoms with E-state index in [9.17, 15) is 4.79 Å². The quantitative estimate of drug-likeness (QED) is 0.580. The van der Waals surface area contributed by atoms with Crippen LogP contribution in [0.4, 0.5) is 5.69 Å². The highest BCUT2D eigenvalue weighted by molar-refractivity contribution is 6.35. The molecule has 5 nitrogen and oxygen atoms in total. The Kier molecular flexibility index (Phi) is 4.84. The van der Waals surface area contributed by atoms with Crippen molar-refractivity contribution >= 4 is 23.4 Å². The second kappa shape index (κ2) is 7.95. The van der Waals surface area contributed by atoms with Crippen LogP contribution in [0.5, 0.6) is 11.5 Å². The molecular formula is C26H20N2O3. The summed E-state index contributed by atoms with van der Waals surface area (Å²) < 4.78 is 11.3. The molecule has 2 heterocycles. The molecule has 3 aromatic rings. The number of anilines is 1. The Hall–Kier alpha value is -4.12. The Bertz CT molecular complexity index is 1230. The standard InChI is InChI=1S/C26H20N2O3/c1-30-23-14-8-11-20-15-18(17-31-25(20)23)16-22-24(19-9-4-2-5-10-19)27-28(26(22)29)21-12-6-3-7-13-21/h2-16H,17H2,1H3. The van der Waals surface area contributed by atoms with Gasteiger partial charge in [-0.05, 0) is 35.9 Å². The first-order valence-corrected chi connectivity index (χ1v) is 10.0. The van der Waals surface area contributed by atoms with E-state index in [0.29, 0.717) is 29.4 Å². The molecule has 0 unspecified atom stereocenters. The van der Waals surface area contributed by atoms with Crippen molar-refractivity contribution < 1.29 is 14.3 Å². The number of benzene rings is 3. The molecule has 0 radical (unpaired) electrons. The van der Waals surface area contributed by atoms with Gasteiger partial charge < -0.3 is 9.47 Å². The Morgan fingerprint density at radius 2 is 1.71 bits per heavy atom. The maximum absolute atomic E-state index is 13.4. The van der Waals surface area contributed by atoms with E-state index < -0.39 is 0 Å². The zero-order valence-corrected chi connectivity index (χ0v) is 17.0. The van der Waals surface area contributed by atoms with Crippen LogP contribution in [-0.4, -0.2) is 25.3 Å². The van der Waals surface area contributed by atoms with Crippen molar-refractivity contribution in [1.82, 2.24) is 0 Å². The van der Waals surface area contributed by atoms with E-state index in [2.05, 4.69) is 5.10 Å². The summed E-state index contributed by atoms with van der Waals surface area (Å²) in [4.78, 5) is 13.4. The van der Waals surface area contributed by atoms with Crippen molar-refractivity contribution in [1.29, 1.82) is 0 Å². The van der Waals surface area contributed by atoms with Crippen LogP contribution in [-0.2, 0) is 4.79 Å². The van der Waals surface area contributed by atoms with Crippen LogP contribution in [0.15, 0.2) is 101 Å². The third kappa shape index (κ3) is 3.51. The number of carbonyl (C=O) groups excluding carboxylic acids is 1. The first kappa shape index (κ1) is 18.9. The molecule has 0 aliphatic carbocycles. The number of para-hydroxylation sites is 2. The van der Waals surface area contributed by atoms with Crippen LogP contribution >= 0.6 is 0 Å². The summed E-state index contributed by atoms with van der Waals surface area (Å²) >= 11 is 0. The van der Waals surface area contributed by atoms with E-state index in [1.165, 1.54) is 5.01 Å². The molecule has 3 aromatic carbocycles. The van der Waals surface area contributed by atoms with Gasteiger partial charge in [-0.25, -0.2) is 0 Å². The molecule has 2 aliphatic rings. The number of carbonyl (C=O) groups is 1. The van der Waals surface area contributed by atoms with E-state index in [-0.39, 0.29) is 5.91 Å². The number of rotatable bonds is 4. The lowest BCUT2D eigenvalue weighted by atomic mass is 9.98. The summed E-state index contributed by atoms with van der Waals surface area (Å²) in [6.07, 6.45) is 3.90. The van der Waals surface area contributed by atoms with E-state index in [4.69, 9.17) is 9.47 Å². The molecule has 0 bridgehead atoms. The maximum atomic E-state index is 13.4. The average Bonchev–Trinajstić information content (AvgIpc) is 3.15. The van der Waals surface area contributed by atoms with Gasteiger partial charge >= 0.3 is 0 Å². The first-order chi connectivity index (χ1) is 15.2. The number of amides is 1. The highest BCUT2D eigenvalue weighted by atomic mass is 16.5. The molecule has 31 heavy (non-hydrogen) atoms. The predicted octanol–water partition coefficient (Wildman–Crippen LogP) is 4.85. The summed E-state index contributed by atoms with van der Waals surface area (Å²) in [7, 11) is 1.62. The second-order valence-corrected chi connectivity index (χ2v) is 7.21. The molecule has 0 atom stereocenters. The van der Waals surface area contributed by atoms with Crippen molar-refractivity contribution in [3.8, 4) is 11.5 Å². The number of hydrazone groups is 1. The minimum Gasteiger partial charge on any atom is -0.493 e. The number of nitrogens with zero attached hydrogens (tertiary/aromatic N) is 2. The molecule has 0 saturated carbocycles. The maximum Gasteiger partial charge on any atom is 0.281 e. The van der Waals surface area contributed by atoms with E-state index in [0.717, 1.165) is 22.4 Å². The molecule has 5 heteroatoms. The third-order valence-corrected chi connectivity index (χ3v) is 5.21. The van der Waals surface area contributed by atoms with Crippen LogP contribution in [0.2, 0.25) is 0 Å². The molecule has 0 aromatic heterocycles. The van der Waals surface area contributed by atoms with Gasteiger partial charge in [0.2, 0.25) is 0 Å². The molecule has 0 fully saturated rings. The zero-order chi connectivity index (χ0) is 21.2. The van der Waals surface area contributed by atoms with Crippen LogP contribution in [0.3, 0.4) is 0 Å². The molecule has 0 saturated heterocycles. The van der Waals surface area contributed by atoms with Crippen molar-refractivity contribution in [2.45, 2.75) is 0 Å². The molecule has 0 spiro atoms. The molecule has 0 N–H and O–H groups in total. The predicted molar refractivity (Wildman–Crippen MR) is 121 cm³/mol. The molecule has 1 amide bonds. The van der Waals surface area contributed by atoms with Crippen molar-refractivity contribution in [2.24, 2.45) is 5.10 Å². The van der Waals surface area contributed by atoms with Gasteiger partial charge in [-0.3, -0.25) is 4.79 Å². The van der Waals surface area contributed by atoms with Crippen molar-refractivity contribution in [3.63, 3.8) is 0 Å². The molecule has 5 rings (SSSR count). The fourth-order valence-corrected chi connectivity index (χ4v) is 3.73. The summed E-state index contributed by atoms with van der Waals surface area (Å²) in [6.45, 7) is 0.345. The van der Waals surface area contributed by atoms with Gasteiger partial charge in [0, 0.05) is 11.1 Å². The minimum atomic E-state index is -0.164. The number of ether oxygens (including phenoxy) is 2. The topological polar surface area (TPSA) is 51.1 Å². The largest absolute Gasteiger partial charge is 0.493 e. The highest BCUT2D eigenvalue weighted by Gasteiger charge is 2.32. The van der Waals surface area contributed by atoms with Gasteiger partial charge in [-0.15, -0.1) is 0 Å². The summed E-state index contributed by atoms with van der Waals surface area (Å²) in [5, 5.41) is 6.13. The average molecular weight is 408 g/mol. The first-order valence-electron chi connectivity index (χ1n) is 10.0. The normalized spacial score (nSPS) is 16.5. The lowest BCUT2D eigenvalue weighted by molar-refractivity contribution is -0.114. The van der Waals surface area contributed by atoms with Gasteiger partial charge in [0.05, 0.1) is 18.4 Å². The lowest BCUT2D eigenvalue weighted by Gasteiger charge is -2.19. The summed E-state index contributed by atoms with van der Waals surface area (Å²) in [5.41, 5.74) is 4.61. The Morgan fingerprint density at radius 3 is 2.45 bits per heavy atom. The SMILES string of the molecule is COc1cccc2c1OCC(C=C1C(=O)N(c3ccccc3)N=C1c1ccccc1)=C2. The third-order valence-electron chi connectivity index (χ3n) is 5.21. The Morgan fingerprint density at radius 1 is 0.968 bits per heavy atom. The Labute approximate surface area is 180 Å². The van der Waals surface area contributed by atoms with E-state index >= 15 is 0 Å². The van der Waals surface area contributed by atoms with Gasteiger partial charge in [0.15, 0.2) is 11.5 Å². The fourth-order valence-electron chi connectivity index (χ4n) is 3.73. The van der Waals surface area contributed by atoms with Crippen LogP contribution in [0, 0.1) is 0 Å². The lowest BCUT2D eigenvalue weighted by Crippen LogP contribution is -2.21. The van der Waals surface area contributed by atoms with E-state index in [1.54, 1.807) is 7.11 Å². The van der Waals surface area contributed by atoms with Gasteiger partial charge in [-0.1, -0.05) is 60.7 Å². The summed E-state index contributed by atoms with van der Waals surface area (Å²) in [5.74, 6) is 1.24. The highest BCUT2D eigenvalue weighted by Crippen LogP contribution is 2.36. The Balaban J connectivity index is 1.58. The van der Waals surface area contributed by atoms with Crippen molar-refractivity contribution in [2.75, 3.05) is 18.7 Å². The van der Waals surface area contributed by atoms with Crippen LogP contribution in [0.25, 0.3) is 6.08 Å². The van der Waals surface area contributed by atoms with Gasteiger partial charge in [0.25, 0.3) is 5.91 Å². The smallest absolute Gasteiger partial charge is 0.281 e. The molecule has 2 aliphatic heterocycles. The van der Waals surface area contributed by atoms with Crippen LogP contribution < -0.4 is 14.5 Å². The molecular weight excluding hydrogens is 388 g/mol. The summed E-state index contributed by atoms with van der Waals surface area (Å²) in [6, 6.07) is 24.9. The fraction of sp³-hybridized carbons (Fsp3) is 0.0769.